The average Bonchev–Trinajstić information content (AvgIpc) is 2.71. The first-order valence-electron chi connectivity index (χ1n) is 11.1. The smallest absolute Gasteiger partial charge is 0.243 e. The van der Waals surface area contributed by atoms with Gasteiger partial charge in [-0.1, -0.05) is 12.1 Å². The Balaban J connectivity index is 1.11. The molecule has 0 aliphatic heterocycles. The Bertz CT molecular complexity index is 953. The van der Waals surface area contributed by atoms with Crippen LogP contribution in [0, 0.1) is 23.2 Å². The van der Waals surface area contributed by atoms with Crippen molar-refractivity contribution in [2.45, 2.75) is 44.9 Å². The third kappa shape index (κ3) is 4.40. The molecule has 0 spiro atoms. The second-order valence-electron chi connectivity index (χ2n) is 9.76. The molecule has 4 fully saturated rings. The van der Waals surface area contributed by atoms with E-state index in [0.29, 0.717) is 23.5 Å². The lowest BCUT2D eigenvalue weighted by atomic mass is 9.49. The lowest BCUT2D eigenvalue weighted by Gasteiger charge is -2.56. The number of aromatic nitrogens is 2. The number of anilines is 1. The quantitative estimate of drug-likeness (QED) is 0.663. The Morgan fingerprint density at radius 3 is 2.26 bits per heavy atom. The summed E-state index contributed by atoms with van der Waals surface area (Å²) >= 11 is 0. The van der Waals surface area contributed by atoms with Gasteiger partial charge in [0.1, 0.15) is 5.75 Å². The van der Waals surface area contributed by atoms with Crippen molar-refractivity contribution in [2.75, 3.05) is 11.9 Å². The maximum absolute atomic E-state index is 12.6. The summed E-state index contributed by atoms with van der Waals surface area (Å²) in [5, 5.41) is 15.1. The number of aromatic hydroxyl groups is 1. The van der Waals surface area contributed by atoms with Crippen molar-refractivity contribution in [3.8, 4) is 17.1 Å². The summed E-state index contributed by atoms with van der Waals surface area (Å²) in [7, 11) is 0. The minimum absolute atomic E-state index is 0.0208. The lowest BCUT2D eigenvalue weighted by molar-refractivity contribution is -0.131. The first kappa shape index (κ1) is 20.0. The zero-order valence-corrected chi connectivity index (χ0v) is 17.5. The molecule has 7 nitrogen and oxygen atoms in total. The minimum Gasteiger partial charge on any atom is -0.508 e. The van der Waals surface area contributed by atoms with Gasteiger partial charge >= 0.3 is 0 Å². The van der Waals surface area contributed by atoms with Gasteiger partial charge in [-0.3, -0.25) is 9.59 Å². The first-order valence-corrected chi connectivity index (χ1v) is 11.1. The van der Waals surface area contributed by atoms with E-state index in [4.69, 9.17) is 0 Å². The fraction of sp³-hybridized carbons (Fsp3) is 0.500. The van der Waals surface area contributed by atoms with E-state index >= 15 is 0 Å². The Kier molecular flexibility index (Phi) is 5.12. The van der Waals surface area contributed by atoms with Crippen LogP contribution in [0.25, 0.3) is 11.4 Å². The molecule has 2 amide bonds. The average molecular weight is 421 g/mol. The van der Waals surface area contributed by atoms with Gasteiger partial charge in [-0.25, -0.2) is 9.97 Å². The molecule has 1 aromatic heterocycles. The number of amides is 2. The third-order valence-corrected chi connectivity index (χ3v) is 7.19. The van der Waals surface area contributed by atoms with Gasteiger partial charge in [0, 0.05) is 12.0 Å². The van der Waals surface area contributed by atoms with Crippen LogP contribution < -0.4 is 10.6 Å². The van der Waals surface area contributed by atoms with Crippen molar-refractivity contribution in [3.05, 3.63) is 36.7 Å². The summed E-state index contributed by atoms with van der Waals surface area (Å²) in [4.78, 5) is 33.3. The fourth-order valence-corrected chi connectivity index (χ4v) is 6.48. The molecule has 7 heteroatoms. The van der Waals surface area contributed by atoms with Crippen LogP contribution >= 0.6 is 0 Å². The van der Waals surface area contributed by atoms with Crippen molar-refractivity contribution in [1.82, 2.24) is 15.3 Å². The van der Waals surface area contributed by atoms with Gasteiger partial charge in [0.25, 0.3) is 0 Å². The number of carbonyl (C=O) groups excluding carboxylic acids is 2. The molecule has 1 aromatic carbocycles. The van der Waals surface area contributed by atoms with Crippen LogP contribution in [0.4, 0.5) is 5.69 Å². The molecule has 0 atom stereocenters. The molecule has 4 saturated carbocycles. The minimum atomic E-state index is -0.299. The topological polar surface area (TPSA) is 104 Å². The second-order valence-corrected chi connectivity index (χ2v) is 9.76. The molecule has 4 aliphatic carbocycles. The van der Waals surface area contributed by atoms with Gasteiger partial charge in [-0.15, -0.1) is 0 Å². The highest BCUT2D eigenvalue weighted by Crippen LogP contribution is 2.61. The largest absolute Gasteiger partial charge is 0.508 e. The molecule has 0 saturated heterocycles. The number of hydrogen-bond donors (Lipinski definition) is 3. The summed E-state index contributed by atoms with van der Waals surface area (Å²) < 4.78 is 0. The standard InChI is InChI=1S/C24H28N4O3/c29-20-3-1-2-18(7-20)23-26-12-19(13-27-23)28-22(31)14-25-21(30)11-24-8-15-4-16(9-24)6-17(5-15)10-24/h1-3,7,12-13,15-17,29H,4-6,8-11,14H2,(H,25,30)(H,28,31). The number of phenolic OH excluding ortho intramolecular Hbond substituents is 1. The first-order chi connectivity index (χ1) is 15.0. The van der Waals surface area contributed by atoms with Crippen LogP contribution in [0.5, 0.6) is 5.75 Å². The SMILES string of the molecule is O=C(CC12CC3CC(CC(C3)C1)C2)NCC(=O)Nc1cnc(-c2cccc(O)c2)nc1. The van der Waals surface area contributed by atoms with E-state index in [-0.39, 0.29) is 29.5 Å². The molecule has 4 bridgehead atoms. The maximum Gasteiger partial charge on any atom is 0.243 e. The summed E-state index contributed by atoms with van der Waals surface area (Å²) in [5.74, 6) is 2.71. The van der Waals surface area contributed by atoms with Crippen molar-refractivity contribution in [1.29, 1.82) is 0 Å². The van der Waals surface area contributed by atoms with Gasteiger partial charge in [0.2, 0.25) is 11.8 Å². The van der Waals surface area contributed by atoms with E-state index in [1.54, 1.807) is 24.3 Å². The summed E-state index contributed by atoms with van der Waals surface area (Å²) in [5.41, 5.74) is 1.32. The number of hydrogen-bond acceptors (Lipinski definition) is 5. The van der Waals surface area contributed by atoms with E-state index in [1.807, 2.05) is 0 Å². The van der Waals surface area contributed by atoms with Crippen molar-refractivity contribution in [2.24, 2.45) is 23.2 Å². The monoisotopic (exact) mass is 420 g/mol. The second kappa shape index (κ2) is 7.94. The van der Waals surface area contributed by atoms with Gasteiger partial charge in [0.15, 0.2) is 5.82 Å². The molecule has 31 heavy (non-hydrogen) atoms. The number of benzene rings is 1. The van der Waals surface area contributed by atoms with Crippen LogP contribution in [0.1, 0.15) is 44.9 Å². The molecule has 1 heterocycles. The number of carbonyl (C=O) groups is 2. The summed E-state index contributed by atoms with van der Waals surface area (Å²) in [6, 6.07) is 6.67. The predicted octanol–water partition coefficient (Wildman–Crippen LogP) is 3.51. The number of phenols is 1. The number of rotatable bonds is 6. The van der Waals surface area contributed by atoms with Gasteiger partial charge in [-0.05, 0) is 73.8 Å². The Hall–Kier alpha value is -2.96. The van der Waals surface area contributed by atoms with E-state index in [2.05, 4.69) is 20.6 Å². The highest BCUT2D eigenvalue weighted by molar-refractivity contribution is 5.94. The fourth-order valence-electron chi connectivity index (χ4n) is 6.48. The Morgan fingerprint density at radius 1 is 1.00 bits per heavy atom. The van der Waals surface area contributed by atoms with E-state index in [0.717, 1.165) is 17.8 Å². The van der Waals surface area contributed by atoms with E-state index in [1.165, 1.54) is 50.9 Å². The molecule has 4 aliphatic rings. The molecular weight excluding hydrogens is 392 g/mol. The zero-order valence-electron chi connectivity index (χ0n) is 17.5. The molecule has 162 valence electrons. The Morgan fingerprint density at radius 2 is 1.65 bits per heavy atom. The molecule has 2 aromatic rings. The van der Waals surface area contributed by atoms with Crippen molar-refractivity contribution < 1.29 is 14.7 Å². The third-order valence-electron chi connectivity index (χ3n) is 7.19. The van der Waals surface area contributed by atoms with Gasteiger partial charge in [-0.2, -0.15) is 0 Å². The summed E-state index contributed by atoms with van der Waals surface area (Å²) in [6.07, 6.45) is 11.2. The highest BCUT2D eigenvalue weighted by atomic mass is 16.3. The zero-order chi connectivity index (χ0) is 21.4. The van der Waals surface area contributed by atoms with Crippen LogP contribution in [0.3, 0.4) is 0 Å². The maximum atomic E-state index is 12.6. The molecular formula is C24H28N4O3. The number of nitrogens with zero attached hydrogens (tertiary/aromatic N) is 2. The van der Waals surface area contributed by atoms with Crippen molar-refractivity contribution >= 4 is 17.5 Å². The highest BCUT2D eigenvalue weighted by Gasteiger charge is 2.51. The molecule has 3 N–H and O–H groups in total. The molecule has 6 rings (SSSR count). The van der Waals surface area contributed by atoms with E-state index in [9.17, 15) is 14.7 Å². The van der Waals surface area contributed by atoms with E-state index < -0.39 is 0 Å². The van der Waals surface area contributed by atoms with Crippen molar-refractivity contribution in [3.63, 3.8) is 0 Å². The summed E-state index contributed by atoms with van der Waals surface area (Å²) in [6.45, 7) is -0.0560. The van der Waals surface area contributed by atoms with Crippen LogP contribution in [0.15, 0.2) is 36.7 Å². The Labute approximate surface area is 181 Å². The van der Waals surface area contributed by atoms with Gasteiger partial charge in [0.05, 0.1) is 24.6 Å². The predicted molar refractivity (Wildman–Crippen MR) is 116 cm³/mol. The van der Waals surface area contributed by atoms with Crippen LogP contribution in [-0.2, 0) is 9.59 Å². The van der Waals surface area contributed by atoms with Crippen LogP contribution in [0.2, 0.25) is 0 Å². The van der Waals surface area contributed by atoms with Gasteiger partial charge < -0.3 is 15.7 Å². The molecule has 0 unspecified atom stereocenters. The molecule has 0 radical (unpaired) electrons. The normalized spacial score (nSPS) is 28.3. The number of nitrogens with one attached hydrogen (secondary N) is 2. The van der Waals surface area contributed by atoms with Crippen LogP contribution in [-0.4, -0.2) is 33.4 Å². The lowest BCUT2D eigenvalue weighted by Crippen LogP contribution is -2.48.